The predicted molar refractivity (Wildman–Crippen MR) is 68.1 cm³/mol. The average molecular weight is 250 g/mol. The van der Waals surface area contributed by atoms with E-state index in [1.165, 1.54) is 4.90 Å². The highest BCUT2D eigenvalue weighted by molar-refractivity contribution is 5.92. The molecule has 0 aliphatic carbocycles. The summed E-state index contributed by atoms with van der Waals surface area (Å²) in [5.74, 6) is -0.471. The van der Waals surface area contributed by atoms with Crippen LogP contribution in [0.15, 0.2) is 24.3 Å². The molecule has 0 atom stereocenters. The van der Waals surface area contributed by atoms with Gasteiger partial charge in [-0.05, 0) is 24.1 Å². The first-order valence-corrected chi connectivity index (χ1v) is 5.81. The number of primary amides is 1. The van der Waals surface area contributed by atoms with E-state index in [0.29, 0.717) is 12.1 Å². The van der Waals surface area contributed by atoms with Gasteiger partial charge in [0, 0.05) is 19.2 Å². The van der Waals surface area contributed by atoms with Gasteiger partial charge in [0.2, 0.25) is 5.91 Å². The highest BCUT2D eigenvalue weighted by Gasteiger charge is 2.08. The Morgan fingerprint density at radius 1 is 1.28 bits per heavy atom. The molecule has 0 bridgehead atoms. The molecule has 2 N–H and O–H groups in total. The maximum atomic E-state index is 11.5. The minimum absolute atomic E-state index is 0.186. The zero-order valence-corrected chi connectivity index (χ0v) is 10.7. The molecule has 18 heavy (non-hydrogen) atoms. The molecule has 5 heteroatoms. The van der Waals surface area contributed by atoms with Gasteiger partial charge < -0.3 is 15.4 Å². The highest BCUT2D eigenvalue weighted by Crippen LogP contribution is 2.06. The monoisotopic (exact) mass is 250 g/mol. The van der Waals surface area contributed by atoms with Crippen molar-refractivity contribution in [1.82, 2.24) is 4.90 Å². The SMILES string of the molecule is CCCN(C)C(=O)OCc1ccc(C(N)=O)cc1. The lowest BCUT2D eigenvalue weighted by Crippen LogP contribution is -2.27. The minimum Gasteiger partial charge on any atom is -0.445 e. The topological polar surface area (TPSA) is 72.6 Å². The van der Waals surface area contributed by atoms with E-state index >= 15 is 0 Å². The summed E-state index contributed by atoms with van der Waals surface area (Å²) in [7, 11) is 1.70. The number of ether oxygens (including phenoxy) is 1. The third-order valence-corrected chi connectivity index (χ3v) is 2.47. The smallest absolute Gasteiger partial charge is 0.409 e. The first kappa shape index (κ1) is 14.0. The summed E-state index contributed by atoms with van der Waals surface area (Å²) in [6.07, 6.45) is 0.537. The Morgan fingerprint density at radius 3 is 2.39 bits per heavy atom. The van der Waals surface area contributed by atoms with Crippen molar-refractivity contribution in [1.29, 1.82) is 0 Å². The van der Waals surface area contributed by atoms with Crippen LogP contribution in [-0.2, 0) is 11.3 Å². The van der Waals surface area contributed by atoms with Crippen LogP contribution in [0.2, 0.25) is 0 Å². The van der Waals surface area contributed by atoms with Crippen molar-refractivity contribution in [3.63, 3.8) is 0 Å². The fraction of sp³-hybridized carbons (Fsp3) is 0.385. The van der Waals surface area contributed by atoms with Gasteiger partial charge in [0.05, 0.1) is 0 Å². The molecule has 1 rings (SSSR count). The average Bonchev–Trinajstić information content (AvgIpc) is 2.36. The highest BCUT2D eigenvalue weighted by atomic mass is 16.6. The van der Waals surface area contributed by atoms with Crippen LogP contribution in [0, 0.1) is 0 Å². The number of hydrogen-bond acceptors (Lipinski definition) is 3. The van der Waals surface area contributed by atoms with Gasteiger partial charge in [-0.3, -0.25) is 4.79 Å². The molecule has 0 aromatic heterocycles. The van der Waals surface area contributed by atoms with E-state index in [4.69, 9.17) is 10.5 Å². The molecular weight excluding hydrogens is 232 g/mol. The van der Waals surface area contributed by atoms with Gasteiger partial charge in [-0.2, -0.15) is 0 Å². The fourth-order valence-electron chi connectivity index (χ4n) is 1.45. The fourth-order valence-corrected chi connectivity index (χ4v) is 1.45. The van der Waals surface area contributed by atoms with Crippen LogP contribution < -0.4 is 5.73 Å². The molecule has 0 aliphatic heterocycles. The summed E-state index contributed by atoms with van der Waals surface area (Å²) < 4.78 is 5.11. The molecule has 0 heterocycles. The molecule has 0 unspecified atom stereocenters. The minimum atomic E-state index is -0.471. The number of nitrogens with zero attached hydrogens (tertiary/aromatic N) is 1. The van der Waals surface area contributed by atoms with Crippen LogP contribution >= 0.6 is 0 Å². The summed E-state index contributed by atoms with van der Waals surface area (Å²) in [4.78, 5) is 23.9. The van der Waals surface area contributed by atoms with Gasteiger partial charge >= 0.3 is 6.09 Å². The standard InChI is InChI=1S/C13H18N2O3/c1-3-8-15(2)13(17)18-9-10-4-6-11(7-5-10)12(14)16/h4-7H,3,8-9H2,1-2H3,(H2,14,16). The van der Waals surface area contributed by atoms with Gasteiger partial charge in [0.25, 0.3) is 0 Å². The maximum absolute atomic E-state index is 11.5. The Hall–Kier alpha value is -2.04. The van der Waals surface area contributed by atoms with Gasteiger partial charge in [-0.1, -0.05) is 19.1 Å². The number of rotatable bonds is 5. The van der Waals surface area contributed by atoms with Crippen LogP contribution in [-0.4, -0.2) is 30.5 Å². The molecular formula is C13H18N2O3. The Balaban J connectivity index is 2.48. The Morgan fingerprint density at radius 2 is 1.89 bits per heavy atom. The van der Waals surface area contributed by atoms with Gasteiger partial charge in [-0.15, -0.1) is 0 Å². The quantitative estimate of drug-likeness (QED) is 0.865. The van der Waals surface area contributed by atoms with E-state index < -0.39 is 5.91 Å². The van der Waals surface area contributed by atoms with Crippen molar-refractivity contribution >= 4 is 12.0 Å². The largest absolute Gasteiger partial charge is 0.445 e. The number of hydrogen-bond donors (Lipinski definition) is 1. The van der Waals surface area contributed by atoms with Crippen molar-refractivity contribution in [3.05, 3.63) is 35.4 Å². The summed E-state index contributed by atoms with van der Waals surface area (Å²) in [6.45, 7) is 2.84. The summed E-state index contributed by atoms with van der Waals surface area (Å²) >= 11 is 0. The lowest BCUT2D eigenvalue weighted by Gasteiger charge is -2.15. The number of carbonyl (C=O) groups excluding carboxylic acids is 2. The molecule has 1 aromatic rings. The van der Waals surface area contributed by atoms with Crippen molar-refractivity contribution < 1.29 is 14.3 Å². The van der Waals surface area contributed by atoms with E-state index in [1.807, 2.05) is 6.92 Å². The van der Waals surface area contributed by atoms with Gasteiger partial charge in [0.1, 0.15) is 6.61 Å². The molecule has 0 saturated heterocycles. The lowest BCUT2D eigenvalue weighted by atomic mass is 10.1. The van der Waals surface area contributed by atoms with Crippen LogP contribution in [0.1, 0.15) is 29.3 Å². The van der Waals surface area contributed by atoms with E-state index in [2.05, 4.69) is 0 Å². The Kier molecular flexibility index (Phi) is 5.17. The second kappa shape index (κ2) is 6.64. The van der Waals surface area contributed by atoms with E-state index in [0.717, 1.165) is 12.0 Å². The van der Waals surface area contributed by atoms with E-state index in [1.54, 1.807) is 31.3 Å². The van der Waals surface area contributed by atoms with Crippen LogP contribution in [0.4, 0.5) is 4.79 Å². The van der Waals surface area contributed by atoms with Gasteiger partial charge in [0.15, 0.2) is 0 Å². The summed E-state index contributed by atoms with van der Waals surface area (Å²) in [5, 5.41) is 0. The second-order valence-electron chi connectivity index (χ2n) is 4.04. The predicted octanol–water partition coefficient (Wildman–Crippen LogP) is 1.76. The number of carbonyl (C=O) groups is 2. The van der Waals surface area contributed by atoms with E-state index in [9.17, 15) is 9.59 Å². The van der Waals surface area contributed by atoms with Crippen LogP contribution in [0.25, 0.3) is 0 Å². The second-order valence-corrected chi connectivity index (χ2v) is 4.04. The van der Waals surface area contributed by atoms with Crippen molar-refractivity contribution in [3.8, 4) is 0 Å². The van der Waals surface area contributed by atoms with Crippen molar-refractivity contribution in [2.75, 3.05) is 13.6 Å². The molecule has 2 amide bonds. The molecule has 0 fully saturated rings. The zero-order valence-electron chi connectivity index (χ0n) is 10.7. The van der Waals surface area contributed by atoms with Crippen molar-refractivity contribution in [2.24, 2.45) is 5.73 Å². The number of nitrogens with two attached hydrogens (primary N) is 1. The summed E-state index contributed by atoms with van der Waals surface area (Å²) in [6, 6.07) is 6.66. The van der Waals surface area contributed by atoms with Gasteiger partial charge in [-0.25, -0.2) is 4.79 Å². The number of amides is 2. The molecule has 98 valence electrons. The van der Waals surface area contributed by atoms with Crippen LogP contribution in [0.5, 0.6) is 0 Å². The first-order valence-electron chi connectivity index (χ1n) is 5.81. The van der Waals surface area contributed by atoms with Crippen molar-refractivity contribution in [2.45, 2.75) is 20.0 Å². The molecule has 0 aliphatic rings. The van der Waals surface area contributed by atoms with Crippen LogP contribution in [0.3, 0.4) is 0 Å². The maximum Gasteiger partial charge on any atom is 0.409 e. The Labute approximate surface area is 107 Å². The molecule has 0 spiro atoms. The molecule has 5 nitrogen and oxygen atoms in total. The number of benzene rings is 1. The molecule has 1 aromatic carbocycles. The van der Waals surface area contributed by atoms with E-state index in [-0.39, 0.29) is 12.7 Å². The third kappa shape index (κ3) is 4.08. The Bertz CT molecular complexity index is 415. The molecule has 0 radical (unpaired) electrons. The third-order valence-electron chi connectivity index (χ3n) is 2.47. The first-order chi connectivity index (χ1) is 8.54. The zero-order chi connectivity index (χ0) is 13.5. The lowest BCUT2D eigenvalue weighted by molar-refractivity contribution is 0.0997. The normalized spacial score (nSPS) is 9.89. The summed E-state index contributed by atoms with van der Waals surface area (Å²) in [5.41, 5.74) is 6.38. The molecule has 0 saturated carbocycles.